The summed E-state index contributed by atoms with van der Waals surface area (Å²) in [4.78, 5) is 11.9. The van der Waals surface area contributed by atoms with Crippen LogP contribution in [0.5, 0.6) is 0 Å². The van der Waals surface area contributed by atoms with Crippen molar-refractivity contribution in [2.24, 2.45) is 23.0 Å². The molecule has 0 amide bonds. The van der Waals surface area contributed by atoms with Crippen molar-refractivity contribution in [1.29, 1.82) is 0 Å². The Balaban J connectivity index is 1.34. The van der Waals surface area contributed by atoms with E-state index in [9.17, 15) is 8.42 Å². The first-order valence-electron chi connectivity index (χ1n) is 12.3. The van der Waals surface area contributed by atoms with E-state index >= 15 is 0 Å². The summed E-state index contributed by atoms with van der Waals surface area (Å²) in [5, 5.41) is 11.9. The molecule has 4 aliphatic rings. The van der Waals surface area contributed by atoms with Gasteiger partial charge in [0.1, 0.15) is 9.21 Å². The molecule has 190 valence electrons. The molecule has 1 aliphatic carbocycles. The first kappa shape index (κ1) is 23.6. The van der Waals surface area contributed by atoms with Crippen LogP contribution in [0, 0.1) is 12.8 Å². The van der Waals surface area contributed by atoms with Gasteiger partial charge in [0, 0.05) is 38.1 Å². The third-order valence-corrected chi connectivity index (χ3v) is 9.99. The molecule has 0 spiro atoms. The first-order chi connectivity index (χ1) is 17.4. The summed E-state index contributed by atoms with van der Waals surface area (Å²) in [5.41, 5.74) is 3.94. The highest BCUT2D eigenvalue weighted by Gasteiger charge is 2.36. The highest BCUT2D eigenvalue weighted by molar-refractivity contribution is 7.91. The molecule has 10 nitrogen and oxygen atoms in total. The van der Waals surface area contributed by atoms with Gasteiger partial charge in [-0.15, -0.1) is 11.3 Å². The van der Waals surface area contributed by atoms with E-state index in [2.05, 4.69) is 37.6 Å². The maximum Gasteiger partial charge on any atom is 0.250 e. The number of rotatable bonds is 7. The summed E-state index contributed by atoms with van der Waals surface area (Å²) in [7, 11) is -1.64. The van der Waals surface area contributed by atoms with Crippen molar-refractivity contribution in [3.63, 3.8) is 0 Å². The van der Waals surface area contributed by atoms with Gasteiger partial charge in [-0.25, -0.2) is 18.1 Å². The first-order valence-corrected chi connectivity index (χ1v) is 14.6. The van der Waals surface area contributed by atoms with E-state index in [0.717, 1.165) is 49.4 Å². The summed E-state index contributed by atoms with van der Waals surface area (Å²) < 4.78 is 30.7. The van der Waals surface area contributed by atoms with Crippen LogP contribution < -0.4 is 15.4 Å². The van der Waals surface area contributed by atoms with Crippen molar-refractivity contribution in [1.82, 2.24) is 30.0 Å². The van der Waals surface area contributed by atoms with E-state index in [0.29, 0.717) is 39.6 Å². The lowest BCUT2D eigenvalue weighted by Gasteiger charge is -2.32. The van der Waals surface area contributed by atoms with Gasteiger partial charge in [0.05, 0.1) is 24.5 Å². The lowest BCUT2D eigenvalue weighted by Crippen LogP contribution is -2.45. The Morgan fingerprint density at radius 2 is 2.19 bits per heavy atom. The quantitative estimate of drug-likeness (QED) is 0.510. The van der Waals surface area contributed by atoms with E-state index in [1.54, 1.807) is 4.68 Å². The zero-order chi connectivity index (χ0) is 24.9. The SMILES string of the molecule is Cc1cc(N=C2NC(C3=CCCNC3)=CN3C2=NCC3c2cnn(C)c2)sc1S(=O)(=O)NCC1CC1. The lowest BCUT2D eigenvalue weighted by atomic mass is 10.1. The normalized spacial score (nSPS) is 23.3. The van der Waals surface area contributed by atoms with Gasteiger partial charge in [-0.05, 0) is 55.9 Å². The molecule has 0 saturated heterocycles. The maximum absolute atomic E-state index is 12.9. The average molecular weight is 527 g/mol. The van der Waals surface area contributed by atoms with Gasteiger partial charge < -0.3 is 15.5 Å². The second-order valence-corrected chi connectivity index (χ2v) is 12.7. The van der Waals surface area contributed by atoms with Crippen LogP contribution in [0.4, 0.5) is 5.00 Å². The largest absolute Gasteiger partial charge is 0.336 e. The summed E-state index contributed by atoms with van der Waals surface area (Å²) in [6, 6.07) is 1.86. The maximum atomic E-state index is 12.9. The molecule has 1 saturated carbocycles. The molecule has 5 heterocycles. The number of amidine groups is 2. The molecule has 3 aliphatic heterocycles. The molecule has 2 aromatic rings. The fraction of sp³-hybridized carbons (Fsp3) is 0.458. The molecule has 1 unspecified atom stereocenters. The van der Waals surface area contributed by atoms with E-state index in [-0.39, 0.29) is 6.04 Å². The van der Waals surface area contributed by atoms with Crippen molar-refractivity contribution < 1.29 is 8.42 Å². The Morgan fingerprint density at radius 1 is 1.33 bits per heavy atom. The van der Waals surface area contributed by atoms with Crippen LogP contribution in [-0.4, -0.2) is 60.9 Å². The van der Waals surface area contributed by atoms with Gasteiger partial charge in [-0.3, -0.25) is 9.67 Å². The topological polar surface area (TPSA) is 116 Å². The summed E-state index contributed by atoms with van der Waals surface area (Å²) in [5.74, 6) is 1.85. The van der Waals surface area contributed by atoms with Gasteiger partial charge in [-0.2, -0.15) is 5.10 Å². The van der Waals surface area contributed by atoms with Crippen molar-refractivity contribution >= 4 is 38.0 Å². The number of hydrogen-bond donors (Lipinski definition) is 3. The van der Waals surface area contributed by atoms with Crippen LogP contribution in [0.2, 0.25) is 0 Å². The zero-order valence-electron chi connectivity index (χ0n) is 20.4. The molecular formula is C24H30N8O2S2. The average Bonchev–Trinajstić information content (AvgIpc) is 3.23. The van der Waals surface area contributed by atoms with E-state index in [4.69, 9.17) is 9.98 Å². The third-order valence-electron chi connectivity index (χ3n) is 6.79. The molecule has 12 heteroatoms. The molecule has 0 bridgehead atoms. The predicted molar refractivity (Wildman–Crippen MR) is 141 cm³/mol. The Morgan fingerprint density at radius 3 is 2.92 bits per heavy atom. The van der Waals surface area contributed by atoms with Crippen molar-refractivity contribution in [2.45, 2.75) is 36.4 Å². The Kier molecular flexibility index (Phi) is 6.06. The second-order valence-electron chi connectivity index (χ2n) is 9.71. The number of thiophene rings is 1. The minimum absolute atomic E-state index is 0.0285. The van der Waals surface area contributed by atoms with Gasteiger partial charge in [0.25, 0.3) is 0 Å². The molecule has 36 heavy (non-hydrogen) atoms. The predicted octanol–water partition coefficient (Wildman–Crippen LogP) is 2.33. The number of nitrogens with zero attached hydrogens (tertiary/aromatic N) is 5. The minimum atomic E-state index is -3.55. The Hall–Kier alpha value is -2.80. The van der Waals surface area contributed by atoms with Crippen LogP contribution in [0.15, 0.2) is 56.2 Å². The fourth-order valence-corrected chi connectivity index (χ4v) is 7.38. The van der Waals surface area contributed by atoms with Crippen LogP contribution in [0.3, 0.4) is 0 Å². The van der Waals surface area contributed by atoms with E-state index < -0.39 is 10.0 Å². The highest BCUT2D eigenvalue weighted by atomic mass is 32.2. The lowest BCUT2D eigenvalue weighted by molar-refractivity contribution is 0.451. The van der Waals surface area contributed by atoms with Gasteiger partial charge in [0.15, 0.2) is 11.7 Å². The molecule has 3 N–H and O–H groups in total. The second kappa shape index (κ2) is 9.25. The smallest absolute Gasteiger partial charge is 0.250 e. The fourth-order valence-electron chi connectivity index (χ4n) is 4.66. The molecule has 0 aromatic carbocycles. The molecule has 0 radical (unpaired) electrons. The molecule has 6 rings (SSSR count). The number of aryl methyl sites for hydroxylation is 2. The van der Waals surface area contributed by atoms with Gasteiger partial charge >= 0.3 is 0 Å². The van der Waals surface area contributed by atoms with E-state index in [1.807, 2.05) is 32.4 Å². The summed E-state index contributed by atoms with van der Waals surface area (Å²) in [6.45, 7) is 4.66. The summed E-state index contributed by atoms with van der Waals surface area (Å²) >= 11 is 1.19. The molecular weight excluding hydrogens is 496 g/mol. The zero-order valence-corrected chi connectivity index (χ0v) is 22.0. The monoisotopic (exact) mass is 526 g/mol. The van der Waals surface area contributed by atoms with Gasteiger partial charge in [0.2, 0.25) is 10.0 Å². The third kappa shape index (κ3) is 4.65. The minimum Gasteiger partial charge on any atom is -0.336 e. The molecule has 2 aromatic heterocycles. The molecule has 1 fully saturated rings. The standard InChI is InChI=1S/C24H30N8O2S2/c1-15-8-21(35-24(15)36(33,34)28-9-16-5-6-16)30-22-23-26-12-20(18-11-27-31(2)13-18)32(23)14-19(29-22)17-4-3-7-25-10-17/h4,8,11,13-14,16,20,25,28H,3,5-7,9-10,12H2,1-2H3,(H,29,30). The Bertz CT molecular complexity index is 1410. The highest BCUT2D eigenvalue weighted by Crippen LogP contribution is 2.36. The number of sulfonamides is 1. The Labute approximate surface area is 214 Å². The van der Waals surface area contributed by atoms with Crippen molar-refractivity contribution in [2.75, 3.05) is 26.2 Å². The number of aliphatic imine (C=N–C) groups is 2. The number of hydrogen-bond acceptors (Lipinski definition) is 8. The van der Waals surface area contributed by atoms with Gasteiger partial charge in [-0.1, -0.05) is 6.08 Å². The van der Waals surface area contributed by atoms with Crippen LogP contribution in [-0.2, 0) is 17.1 Å². The van der Waals surface area contributed by atoms with Crippen molar-refractivity contribution in [3.8, 4) is 0 Å². The number of fused-ring (bicyclic) bond motifs is 1. The van der Waals surface area contributed by atoms with E-state index in [1.165, 1.54) is 16.9 Å². The summed E-state index contributed by atoms with van der Waals surface area (Å²) in [6.07, 6.45) is 11.4. The molecule has 1 atom stereocenters. The number of nitrogens with one attached hydrogen (secondary N) is 3. The van der Waals surface area contributed by atoms with Crippen LogP contribution in [0.25, 0.3) is 0 Å². The van der Waals surface area contributed by atoms with Crippen LogP contribution in [0.1, 0.15) is 36.4 Å². The van der Waals surface area contributed by atoms with Crippen LogP contribution >= 0.6 is 11.3 Å². The number of aromatic nitrogens is 2. The van der Waals surface area contributed by atoms with Crippen molar-refractivity contribution in [3.05, 3.63) is 53.1 Å².